The smallest absolute Gasteiger partial charge is 0.127 e. The van der Waals surface area contributed by atoms with E-state index in [2.05, 4.69) is 17.2 Å². The van der Waals surface area contributed by atoms with E-state index >= 15 is 0 Å². The first-order valence-corrected chi connectivity index (χ1v) is 7.54. The van der Waals surface area contributed by atoms with Crippen LogP contribution in [0.25, 0.3) is 0 Å². The van der Waals surface area contributed by atoms with Gasteiger partial charge in [0, 0.05) is 17.3 Å². The second-order valence-corrected chi connectivity index (χ2v) is 5.96. The zero-order valence-corrected chi connectivity index (χ0v) is 12.6. The summed E-state index contributed by atoms with van der Waals surface area (Å²) in [7, 11) is 0. The van der Waals surface area contributed by atoms with Gasteiger partial charge in [-0.25, -0.2) is 4.98 Å². The SMILES string of the molecule is CCC1CCC(Nc2cc(C(N)=S)cc(C)n2)CC1. The van der Waals surface area contributed by atoms with E-state index in [0.717, 1.165) is 23.0 Å². The van der Waals surface area contributed by atoms with Gasteiger partial charge in [-0.15, -0.1) is 0 Å². The Morgan fingerprint density at radius 1 is 1.37 bits per heavy atom. The standard InChI is InChI=1S/C15H23N3S/c1-3-11-4-6-13(7-5-11)18-14-9-12(15(16)19)8-10(2)17-14/h8-9,11,13H,3-7H2,1-2H3,(H2,16,19)(H,17,18). The fourth-order valence-electron chi connectivity index (χ4n) is 2.81. The van der Waals surface area contributed by atoms with E-state index in [0.29, 0.717) is 11.0 Å². The largest absolute Gasteiger partial charge is 0.389 e. The van der Waals surface area contributed by atoms with E-state index in [-0.39, 0.29) is 0 Å². The summed E-state index contributed by atoms with van der Waals surface area (Å²) in [6.07, 6.45) is 6.42. The first kappa shape index (κ1) is 14.3. The molecular formula is C15H23N3S. The van der Waals surface area contributed by atoms with Crippen molar-refractivity contribution in [1.82, 2.24) is 4.98 Å². The molecule has 1 aliphatic carbocycles. The number of nitrogens with zero attached hydrogens (tertiary/aromatic N) is 1. The summed E-state index contributed by atoms with van der Waals surface area (Å²) in [6, 6.07) is 4.43. The Morgan fingerprint density at radius 2 is 2.05 bits per heavy atom. The molecule has 0 saturated heterocycles. The highest BCUT2D eigenvalue weighted by Gasteiger charge is 2.20. The van der Waals surface area contributed by atoms with Crippen LogP contribution in [0.1, 0.15) is 50.3 Å². The molecule has 0 bridgehead atoms. The van der Waals surface area contributed by atoms with Crippen LogP contribution >= 0.6 is 12.2 Å². The molecule has 4 heteroatoms. The fraction of sp³-hybridized carbons (Fsp3) is 0.600. The molecular weight excluding hydrogens is 254 g/mol. The van der Waals surface area contributed by atoms with Gasteiger partial charge >= 0.3 is 0 Å². The summed E-state index contributed by atoms with van der Waals surface area (Å²) < 4.78 is 0. The Kier molecular flexibility index (Phi) is 4.75. The van der Waals surface area contributed by atoms with Crippen molar-refractivity contribution in [1.29, 1.82) is 0 Å². The molecule has 1 aromatic rings. The van der Waals surface area contributed by atoms with Crippen molar-refractivity contribution in [2.24, 2.45) is 11.7 Å². The van der Waals surface area contributed by atoms with Crippen molar-refractivity contribution >= 4 is 23.0 Å². The lowest BCUT2D eigenvalue weighted by Gasteiger charge is -2.29. The summed E-state index contributed by atoms with van der Waals surface area (Å²) >= 11 is 5.04. The topological polar surface area (TPSA) is 50.9 Å². The minimum absolute atomic E-state index is 0.434. The van der Waals surface area contributed by atoms with E-state index < -0.39 is 0 Å². The summed E-state index contributed by atoms with van der Waals surface area (Å²) in [5.41, 5.74) is 7.55. The molecule has 2 rings (SSSR count). The van der Waals surface area contributed by atoms with Crippen LogP contribution in [0.15, 0.2) is 12.1 Å². The van der Waals surface area contributed by atoms with Crippen molar-refractivity contribution in [2.45, 2.75) is 52.0 Å². The maximum absolute atomic E-state index is 5.70. The van der Waals surface area contributed by atoms with Crippen molar-refractivity contribution in [3.63, 3.8) is 0 Å². The lowest BCUT2D eigenvalue weighted by molar-refractivity contribution is 0.330. The van der Waals surface area contributed by atoms with Gasteiger partial charge in [-0.05, 0) is 50.7 Å². The van der Waals surface area contributed by atoms with Gasteiger partial charge in [0.2, 0.25) is 0 Å². The monoisotopic (exact) mass is 277 g/mol. The van der Waals surface area contributed by atoms with Gasteiger partial charge in [-0.1, -0.05) is 25.6 Å². The number of rotatable bonds is 4. The Bertz CT molecular complexity index is 451. The van der Waals surface area contributed by atoms with Gasteiger partial charge in [0.15, 0.2) is 0 Å². The molecule has 0 amide bonds. The number of hydrogen-bond acceptors (Lipinski definition) is 3. The van der Waals surface area contributed by atoms with E-state index in [1.807, 2.05) is 19.1 Å². The van der Waals surface area contributed by atoms with Crippen LogP contribution in [0.2, 0.25) is 0 Å². The molecule has 0 aromatic carbocycles. The van der Waals surface area contributed by atoms with E-state index in [1.54, 1.807) is 0 Å². The van der Waals surface area contributed by atoms with Gasteiger partial charge in [-0.3, -0.25) is 0 Å². The number of thiocarbonyl (C=S) groups is 1. The van der Waals surface area contributed by atoms with Gasteiger partial charge < -0.3 is 11.1 Å². The number of nitrogens with two attached hydrogens (primary N) is 1. The molecule has 104 valence electrons. The summed E-state index contributed by atoms with van der Waals surface area (Å²) in [5.74, 6) is 1.82. The van der Waals surface area contributed by atoms with Crippen LogP contribution in [0, 0.1) is 12.8 Å². The molecule has 0 unspecified atom stereocenters. The van der Waals surface area contributed by atoms with Crippen molar-refractivity contribution in [2.75, 3.05) is 5.32 Å². The molecule has 1 heterocycles. The quantitative estimate of drug-likeness (QED) is 0.828. The van der Waals surface area contributed by atoms with E-state index in [4.69, 9.17) is 18.0 Å². The molecule has 0 atom stereocenters. The third kappa shape index (κ3) is 3.90. The van der Waals surface area contributed by atoms with E-state index in [9.17, 15) is 0 Å². The molecule has 1 fully saturated rings. The summed E-state index contributed by atoms with van der Waals surface area (Å²) in [6.45, 7) is 4.26. The number of pyridine rings is 1. The highest BCUT2D eigenvalue weighted by atomic mass is 32.1. The lowest BCUT2D eigenvalue weighted by atomic mass is 9.84. The molecule has 3 nitrogen and oxygen atoms in total. The number of nitrogens with one attached hydrogen (secondary N) is 1. The van der Waals surface area contributed by atoms with Crippen LogP contribution in [0.5, 0.6) is 0 Å². The Labute approximate surface area is 121 Å². The Hall–Kier alpha value is -1.16. The van der Waals surface area contributed by atoms with Crippen LogP contribution < -0.4 is 11.1 Å². The molecule has 0 spiro atoms. The number of anilines is 1. The van der Waals surface area contributed by atoms with Gasteiger partial charge in [0.1, 0.15) is 10.8 Å². The van der Waals surface area contributed by atoms with Gasteiger partial charge in [-0.2, -0.15) is 0 Å². The second-order valence-electron chi connectivity index (χ2n) is 5.52. The summed E-state index contributed by atoms with van der Waals surface area (Å²) in [4.78, 5) is 4.96. The van der Waals surface area contributed by atoms with Gasteiger partial charge in [0.25, 0.3) is 0 Å². The van der Waals surface area contributed by atoms with Crippen LogP contribution in [0.4, 0.5) is 5.82 Å². The Balaban J connectivity index is 2.01. The van der Waals surface area contributed by atoms with Crippen molar-refractivity contribution in [3.05, 3.63) is 23.4 Å². The molecule has 1 aliphatic rings. The third-order valence-electron chi connectivity index (χ3n) is 4.01. The van der Waals surface area contributed by atoms with Crippen LogP contribution in [0.3, 0.4) is 0 Å². The zero-order chi connectivity index (χ0) is 13.8. The normalized spacial score (nSPS) is 23.1. The molecule has 0 aliphatic heterocycles. The van der Waals surface area contributed by atoms with Gasteiger partial charge in [0.05, 0.1) is 0 Å². The minimum Gasteiger partial charge on any atom is -0.389 e. The fourth-order valence-corrected chi connectivity index (χ4v) is 2.93. The zero-order valence-electron chi connectivity index (χ0n) is 11.8. The first-order chi connectivity index (χ1) is 9.08. The molecule has 1 aromatic heterocycles. The highest BCUT2D eigenvalue weighted by Crippen LogP contribution is 2.28. The number of aromatic nitrogens is 1. The predicted octanol–water partition coefficient (Wildman–Crippen LogP) is 3.40. The maximum atomic E-state index is 5.70. The maximum Gasteiger partial charge on any atom is 0.127 e. The molecule has 1 saturated carbocycles. The van der Waals surface area contributed by atoms with Crippen LogP contribution in [-0.4, -0.2) is 16.0 Å². The lowest BCUT2D eigenvalue weighted by Crippen LogP contribution is -2.26. The van der Waals surface area contributed by atoms with E-state index in [1.165, 1.54) is 32.1 Å². The van der Waals surface area contributed by atoms with Crippen LogP contribution in [-0.2, 0) is 0 Å². The molecule has 3 N–H and O–H groups in total. The third-order valence-corrected chi connectivity index (χ3v) is 4.25. The average Bonchev–Trinajstić information content (AvgIpc) is 2.39. The predicted molar refractivity (Wildman–Crippen MR) is 84.5 cm³/mol. The minimum atomic E-state index is 0.434. The second kappa shape index (κ2) is 6.33. The highest BCUT2D eigenvalue weighted by molar-refractivity contribution is 7.80. The first-order valence-electron chi connectivity index (χ1n) is 7.13. The Morgan fingerprint density at radius 3 is 2.63 bits per heavy atom. The summed E-state index contributed by atoms with van der Waals surface area (Å²) in [5, 5.41) is 3.54. The average molecular weight is 277 g/mol. The molecule has 0 radical (unpaired) electrons. The van der Waals surface area contributed by atoms with Crippen molar-refractivity contribution < 1.29 is 0 Å². The number of aryl methyl sites for hydroxylation is 1. The molecule has 19 heavy (non-hydrogen) atoms. The number of hydrogen-bond donors (Lipinski definition) is 2. The van der Waals surface area contributed by atoms with Crippen molar-refractivity contribution in [3.8, 4) is 0 Å².